The fourth-order valence-corrected chi connectivity index (χ4v) is 2.41. The van der Waals surface area contributed by atoms with Crippen molar-refractivity contribution in [2.45, 2.75) is 6.10 Å². The van der Waals surface area contributed by atoms with E-state index in [2.05, 4.69) is 10.1 Å². The molecule has 0 saturated heterocycles. The first-order valence-corrected chi connectivity index (χ1v) is 8.49. The number of halogens is 1. The summed E-state index contributed by atoms with van der Waals surface area (Å²) in [4.78, 5) is 23.4. The molecule has 0 spiro atoms. The van der Waals surface area contributed by atoms with Gasteiger partial charge in [-0.3, -0.25) is 10.2 Å². The van der Waals surface area contributed by atoms with Crippen LogP contribution in [0.3, 0.4) is 0 Å². The van der Waals surface area contributed by atoms with Crippen LogP contribution in [0.5, 0.6) is 5.75 Å². The van der Waals surface area contributed by atoms with Crippen molar-refractivity contribution >= 4 is 30.1 Å². The van der Waals surface area contributed by atoms with E-state index < -0.39 is 5.97 Å². The van der Waals surface area contributed by atoms with Crippen LogP contribution in [0.4, 0.5) is 0 Å². The van der Waals surface area contributed by atoms with E-state index in [4.69, 9.17) is 20.6 Å². The SMILES string of the molecule is COC(=O)COc1ccc([C@@H](CNC(=O)c2ccc(C(=N)N)cc2)OC)cc1.Cl. The highest BCUT2D eigenvalue weighted by Gasteiger charge is 2.14. The van der Waals surface area contributed by atoms with Gasteiger partial charge in [-0.25, -0.2) is 4.79 Å². The summed E-state index contributed by atoms with van der Waals surface area (Å²) in [5.41, 5.74) is 7.27. The van der Waals surface area contributed by atoms with Crippen LogP contribution < -0.4 is 15.8 Å². The first kappa shape index (κ1) is 23.9. The predicted molar refractivity (Wildman–Crippen MR) is 111 cm³/mol. The van der Waals surface area contributed by atoms with E-state index in [0.29, 0.717) is 16.9 Å². The largest absolute Gasteiger partial charge is 0.482 e. The molecule has 0 aliphatic rings. The Morgan fingerprint density at radius 3 is 2.14 bits per heavy atom. The zero-order valence-electron chi connectivity index (χ0n) is 16.1. The van der Waals surface area contributed by atoms with Crippen molar-refractivity contribution in [1.29, 1.82) is 5.41 Å². The Labute approximate surface area is 175 Å². The molecule has 2 aromatic rings. The number of esters is 1. The lowest BCUT2D eigenvalue weighted by Crippen LogP contribution is -2.29. The molecule has 1 atom stereocenters. The molecule has 0 heterocycles. The number of ether oxygens (including phenoxy) is 3. The average Bonchev–Trinajstić information content (AvgIpc) is 2.73. The number of benzene rings is 2. The number of hydrogen-bond acceptors (Lipinski definition) is 6. The van der Waals surface area contributed by atoms with Crippen molar-refractivity contribution in [3.05, 3.63) is 65.2 Å². The fraction of sp³-hybridized carbons (Fsp3) is 0.250. The molecular weight excluding hydrogens is 398 g/mol. The van der Waals surface area contributed by atoms with Gasteiger partial charge in [0.1, 0.15) is 11.6 Å². The van der Waals surface area contributed by atoms with Gasteiger partial charge in [-0.1, -0.05) is 24.3 Å². The first-order chi connectivity index (χ1) is 13.4. The molecule has 156 valence electrons. The van der Waals surface area contributed by atoms with Crippen molar-refractivity contribution in [3.8, 4) is 5.75 Å². The lowest BCUT2D eigenvalue weighted by atomic mass is 10.1. The number of hydrogen-bond donors (Lipinski definition) is 3. The third kappa shape index (κ3) is 7.10. The topological polar surface area (TPSA) is 124 Å². The summed E-state index contributed by atoms with van der Waals surface area (Å²) in [6, 6.07) is 13.5. The maximum atomic E-state index is 12.3. The zero-order chi connectivity index (χ0) is 20.5. The molecule has 0 aliphatic carbocycles. The lowest BCUT2D eigenvalue weighted by Gasteiger charge is -2.17. The van der Waals surface area contributed by atoms with Crippen LogP contribution >= 0.6 is 12.4 Å². The maximum Gasteiger partial charge on any atom is 0.343 e. The highest BCUT2D eigenvalue weighted by Crippen LogP contribution is 2.20. The van der Waals surface area contributed by atoms with Gasteiger partial charge in [0.2, 0.25) is 0 Å². The van der Waals surface area contributed by atoms with Crippen molar-refractivity contribution in [2.75, 3.05) is 27.4 Å². The van der Waals surface area contributed by atoms with Gasteiger partial charge in [0.05, 0.1) is 13.2 Å². The molecule has 8 nitrogen and oxygen atoms in total. The molecule has 29 heavy (non-hydrogen) atoms. The lowest BCUT2D eigenvalue weighted by molar-refractivity contribution is -0.142. The van der Waals surface area contributed by atoms with Gasteiger partial charge in [-0.2, -0.15) is 0 Å². The minimum Gasteiger partial charge on any atom is -0.482 e. The van der Waals surface area contributed by atoms with E-state index in [1.165, 1.54) is 7.11 Å². The van der Waals surface area contributed by atoms with Gasteiger partial charge in [0, 0.05) is 24.8 Å². The van der Waals surface area contributed by atoms with Gasteiger partial charge in [0.25, 0.3) is 5.91 Å². The molecule has 2 aromatic carbocycles. The second-order valence-electron chi connectivity index (χ2n) is 5.86. The maximum absolute atomic E-state index is 12.3. The molecule has 0 fully saturated rings. The van der Waals surface area contributed by atoms with Gasteiger partial charge >= 0.3 is 5.97 Å². The van der Waals surface area contributed by atoms with Gasteiger partial charge in [0.15, 0.2) is 6.61 Å². The summed E-state index contributed by atoms with van der Waals surface area (Å²) in [6.07, 6.45) is -0.352. The third-order valence-electron chi connectivity index (χ3n) is 4.03. The molecule has 0 aromatic heterocycles. The van der Waals surface area contributed by atoms with E-state index in [0.717, 1.165) is 5.56 Å². The van der Waals surface area contributed by atoms with Crippen LogP contribution in [0.2, 0.25) is 0 Å². The van der Waals surface area contributed by atoms with Crippen molar-refractivity contribution in [3.63, 3.8) is 0 Å². The predicted octanol–water partition coefficient (Wildman–Crippen LogP) is 2.06. The van der Waals surface area contributed by atoms with E-state index in [1.807, 2.05) is 0 Å². The summed E-state index contributed by atoms with van der Waals surface area (Å²) in [5, 5.41) is 10.2. The second kappa shape index (κ2) is 11.7. The van der Waals surface area contributed by atoms with Crippen LogP contribution in [0.1, 0.15) is 27.6 Å². The fourth-order valence-electron chi connectivity index (χ4n) is 2.41. The van der Waals surface area contributed by atoms with Crippen LogP contribution in [0, 0.1) is 5.41 Å². The van der Waals surface area contributed by atoms with E-state index in [-0.39, 0.29) is 43.4 Å². The Hall–Kier alpha value is -3.10. The standard InChI is InChI=1S/C20H23N3O5.ClH/c1-26-17(13-7-9-16(10-8-13)28-12-18(24)27-2)11-23-20(25)15-5-3-14(4-6-15)19(21)22;/h3-10,17H,11-12H2,1-2H3,(H3,21,22)(H,23,25);1H/t17-;/m1./s1. The van der Waals surface area contributed by atoms with Gasteiger partial charge in [-0.15, -0.1) is 12.4 Å². The van der Waals surface area contributed by atoms with Crippen LogP contribution in [0.15, 0.2) is 48.5 Å². The number of nitrogens with one attached hydrogen (secondary N) is 2. The number of nitrogen functional groups attached to an aromatic ring is 1. The molecule has 0 unspecified atom stereocenters. The molecule has 4 N–H and O–H groups in total. The number of amides is 1. The molecule has 0 aliphatic heterocycles. The highest BCUT2D eigenvalue weighted by molar-refractivity contribution is 5.98. The van der Waals surface area contributed by atoms with Crippen LogP contribution in [-0.2, 0) is 14.3 Å². The third-order valence-corrected chi connectivity index (χ3v) is 4.03. The zero-order valence-corrected chi connectivity index (χ0v) is 17.0. The molecular formula is C20H24ClN3O5. The molecule has 0 saturated carbocycles. The van der Waals surface area contributed by atoms with Crippen molar-refractivity contribution < 1.29 is 23.8 Å². The monoisotopic (exact) mass is 421 g/mol. The van der Waals surface area contributed by atoms with Crippen molar-refractivity contribution in [2.24, 2.45) is 5.73 Å². The average molecular weight is 422 g/mol. The first-order valence-electron chi connectivity index (χ1n) is 8.49. The number of amidine groups is 1. The summed E-state index contributed by atoms with van der Waals surface area (Å²) >= 11 is 0. The number of nitrogens with two attached hydrogens (primary N) is 1. The Morgan fingerprint density at radius 1 is 1.03 bits per heavy atom. The van der Waals surface area contributed by atoms with Gasteiger partial charge in [-0.05, 0) is 29.8 Å². The summed E-state index contributed by atoms with van der Waals surface area (Å²) in [6.45, 7) is 0.105. The smallest absolute Gasteiger partial charge is 0.343 e. The second-order valence-corrected chi connectivity index (χ2v) is 5.86. The Balaban J connectivity index is 0.00000420. The number of rotatable bonds is 9. The van der Waals surface area contributed by atoms with Crippen LogP contribution in [-0.4, -0.2) is 45.1 Å². The highest BCUT2D eigenvalue weighted by atomic mass is 35.5. The normalized spacial score (nSPS) is 11.0. The minimum atomic E-state index is -0.460. The molecule has 1 amide bonds. The molecule has 2 rings (SSSR count). The summed E-state index contributed by atoms with van der Waals surface area (Å²) < 4.78 is 15.3. The van der Waals surface area contributed by atoms with E-state index in [9.17, 15) is 9.59 Å². The van der Waals surface area contributed by atoms with E-state index >= 15 is 0 Å². The molecule has 0 radical (unpaired) electrons. The Kier molecular flexibility index (Phi) is 9.64. The summed E-state index contributed by atoms with van der Waals surface area (Å²) in [7, 11) is 2.85. The Bertz CT molecular complexity index is 825. The number of methoxy groups -OCH3 is 2. The molecule has 0 bridgehead atoms. The quantitative estimate of drug-likeness (QED) is 0.323. The summed E-state index contributed by atoms with van der Waals surface area (Å²) in [5.74, 6) is -0.239. The Morgan fingerprint density at radius 2 is 1.62 bits per heavy atom. The number of carbonyl (C=O) groups excluding carboxylic acids is 2. The minimum absolute atomic E-state index is 0. The van der Waals surface area contributed by atoms with Crippen molar-refractivity contribution in [1.82, 2.24) is 5.32 Å². The van der Waals surface area contributed by atoms with Gasteiger partial charge < -0.3 is 25.3 Å². The molecule has 9 heteroatoms. The van der Waals surface area contributed by atoms with E-state index in [1.54, 1.807) is 55.6 Å². The number of carbonyl (C=O) groups is 2. The van der Waals surface area contributed by atoms with Crippen LogP contribution in [0.25, 0.3) is 0 Å².